The van der Waals surface area contributed by atoms with Gasteiger partial charge in [0.2, 0.25) is 0 Å². The molecule has 0 fully saturated rings. The number of hydrogen-bond acceptors (Lipinski definition) is 4. The fourth-order valence-electron chi connectivity index (χ4n) is 2.51. The van der Waals surface area contributed by atoms with Gasteiger partial charge in [0.05, 0.1) is 24.0 Å². The van der Waals surface area contributed by atoms with Crippen molar-refractivity contribution in [3.8, 4) is 5.75 Å². The number of ether oxygens (including phenoxy) is 1. The standard InChI is InChI=1S/C15H16ClN3OS/c1-9(16)14-18-13-11(5-4-6-12(13)20-3)19(14)10(2)15-17-7-8-21-15/h4-10H,1-3H3. The van der Waals surface area contributed by atoms with Crippen LogP contribution >= 0.6 is 22.9 Å². The average molecular weight is 322 g/mol. The molecular weight excluding hydrogens is 306 g/mol. The van der Waals surface area contributed by atoms with Crippen molar-refractivity contribution in [2.24, 2.45) is 0 Å². The average Bonchev–Trinajstić information content (AvgIpc) is 3.13. The number of rotatable bonds is 4. The third-order valence-electron chi connectivity index (χ3n) is 3.48. The van der Waals surface area contributed by atoms with Gasteiger partial charge in [-0.05, 0) is 26.0 Å². The second kappa shape index (κ2) is 5.66. The molecule has 3 rings (SSSR count). The molecule has 0 N–H and O–H groups in total. The number of alkyl halides is 1. The summed E-state index contributed by atoms with van der Waals surface area (Å²) >= 11 is 7.97. The Morgan fingerprint density at radius 1 is 1.33 bits per heavy atom. The molecule has 6 heteroatoms. The van der Waals surface area contributed by atoms with Crippen LogP contribution < -0.4 is 4.74 Å². The largest absolute Gasteiger partial charge is 0.494 e. The number of methoxy groups -OCH3 is 1. The van der Waals surface area contributed by atoms with E-state index in [0.717, 1.165) is 27.6 Å². The van der Waals surface area contributed by atoms with E-state index in [9.17, 15) is 0 Å². The Hall–Kier alpha value is -1.59. The number of nitrogens with zero attached hydrogens (tertiary/aromatic N) is 3. The highest BCUT2D eigenvalue weighted by molar-refractivity contribution is 7.09. The molecule has 0 saturated carbocycles. The predicted molar refractivity (Wildman–Crippen MR) is 86.5 cm³/mol. The number of hydrogen-bond donors (Lipinski definition) is 0. The van der Waals surface area contributed by atoms with Gasteiger partial charge in [-0.1, -0.05) is 6.07 Å². The van der Waals surface area contributed by atoms with Crippen LogP contribution in [0.5, 0.6) is 5.75 Å². The molecule has 2 aromatic heterocycles. The van der Waals surface area contributed by atoms with Crippen LogP contribution in [-0.2, 0) is 0 Å². The monoisotopic (exact) mass is 321 g/mol. The summed E-state index contributed by atoms with van der Waals surface area (Å²) in [5.41, 5.74) is 1.85. The zero-order valence-corrected chi connectivity index (χ0v) is 13.6. The SMILES string of the molecule is COc1cccc2c1nc(C(C)Cl)n2C(C)c1nccs1. The summed E-state index contributed by atoms with van der Waals surface area (Å²) in [6.07, 6.45) is 1.82. The van der Waals surface area contributed by atoms with E-state index in [1.807, 2.05) is 36.7 Å². The van der Waals surface area contributed by atoms with Gasteiger partial charge in [-0.15, -0.1) is 22.9 Å². The van der Waals surface area contributed by atoms with E-state index in [-0.39, 0.29) is 11.4 Å². The van der Waals surface area contributed by atoms with Crippen molar-refractivity contribution < 1.29 is 4.74 Å². The molecule has 0 amide bonds. The molecule has 110 valence electrons. The van der Waals surface area contributed by atoms with E-state index < -0.39 is 0 Å². The van der Waals surface area contributed by atoms with Crippen LogP contribution in [0, 0.1) is 0 Å². The third-order valence-corrected chi connectivity index (χ3v) is 4.62. The maximum atomic E-state index is 6.34. The number of aromatic nitrogens is 3. The minimum atomic E-state index is -0.190. The van der Waals surface area contributed by atoms with Gasteiger partial charge in [-0.25, -0.2) is 9.97 Å². The lowest BCUT2D eigenvalue weighted by Gasteiger charge is -2.16. The van der Waals surface area contributed by atoms with E-state index in [2.05, 4.69) is 16.5 Å². The van der Waals surface area contributed by atoms with Crippen molar-refractivity contribution in [2.75, 3.05) is 7.11 Å². The van der Waals surface area contributed by atoms with Crippen LogP contribution in [0.2, 0.25) is 0 Å². The molecule has 0 spiro atoms. The predicted octanol–water partition coefficient (Wildman–Crippen LogP) is 4.41. The number of fused-ring (bicyclic) bond motifs is 1. The second-order valence-electron chi connectivity index (χ2n) is 4.83. The zero-order valence-electron chi connectivity index (χ0n) is 12.1. The van der Waals surface area contributed by atoms with Gasteiger partial charge in [0.25, 0.3) is 0 Å². The Kier molecular flexibility index (Phi) is 3.87. The van der Waals surface area contributed by atoms with Gasteiger partial charge in [0.15, 0.2) is 0 Å². The summed E-state index contributed by atoms with van der Waals surface area (Å²) in [5.74, 6) is 1.59. The first-order valence-corrected chi connectivity index (χ1v) is 8.03. The zero-order chi connectivity index (χ0) is 15.0. The summed E-state index contributed by atoms with van der Waals surface area (Å²) in [7, 11) is 1.65. The van der Waals surface area contributed by atoms with Gasteiger partial charge in [-0.3, -0.25) is 0 Å². The molecule has 0 bridgehead atoms. The molecular formula is C15H16ClN3OS. The van der Waals surface area contributed by atoms with Gasteiger partial charge >= 0.3 is 0 Å². The number of thiazole rings is 1. The maximum absolute atomic E-state index is 6.34. The lowest BCUT2D eigenvalue weighted by Crippen LogP contribution is -2.11. The molecule has 3 aromatic rings. The van der Waals surface area contributed by atoms with Crippen LogP contribution in [0.1, 0.15) is 36.1 Å². The second-order valence-corrected chi connectivity index (χ2v) is 6.41. The Bertz CT molecular complexity index is 752. The highest BCUT2D eigenvalue weighted by Crippen LogP contribution is 2.34. The smallest absolute Gasteiger partial charge is 0.146 e. The highest BCUT2D eigenvalue weighted by Gasteiger charge is 2.22. The van der Waals surface area contributed by atoms with Gasteiger partial charge in [-0.2, -0.15) is 0 Å². The fraction of sp³-hybridized carbons (Fsp3) is 0.333. The van der Waals surface area contributed by atoms with Gasteiger partial charge in [0, 0.05) is 11.6 Å². The normalized spacial score (nSPS) is 14.3. The van der Waals surface area contributed by atoms with Crippen molar-refractivity contribution >= 4 is 34.0 Å². The summed E-state index contributed by atoms with van der Waals surface area (Å²) in [5, 5.41) is 2.83. The van der Waals surface area contributed by atoms with E-state index in [0.29, 0.717) is 0 Å². The van der Waals surface area contributed by atoms with E-state index in [4.69, 9.17) is 21.3 Å². The molecule has 0 aliphatic rings. The van der Waals surface area contributed by atoms with E-state index in [1.165, 1.54) is 0 Å². The molecule has 0 radical (unpaired) electrons. The number of halogens is 1. The fourth-order valence-corrected chi connectivity index (χ4v) is 3.35. The van der Waals surface area contributed by atoms with Crippen molar-refractivity contribution in [1.29, 1.82) is 0 Å². The first kappa shape index (κ1) is 14.4. The summed E-state index contributed by atoms with van der Waals surface area (Å²) < 4.78 is 7.56. The van der Waals surface area contributed by atoms with E-state index in [1.54, 1.807) is 18.4 Å². The summed E-state index contributed by atoms with van der Waals surface area (Å²) in [4.78, 5) is 9.11. The van der Waals surface area contributed by atoms with Crippen LogP contribution in [-0.4, -0.2) is 21.6 Å². The molecule has 1 aromatic carbocycles. The molecule has 2 atom stereocenters. The van der Waals surface area contributed by atoms with E-state index >= 15 is 0 Å². The molecule has 0 aliphatic carbocycles. The first-order chi connectivity index (χ1) is 10.1. The Balaban J connectivity index is 2.26. The van der Waals surface area contributed by atoms with Crippen molar-refractivity contribution in [1.82, 2.24) is 14.5 Å². The Morgan fingerprint density at radius 3 is 2.76 bits per heavy atom. The number of para-hydroxylation sites is 1. The van der Waals surface area contributed by atoms with Crippen molar-refractivity contribution in [3.63, 3.8) is 0 Å². The minimum absolute atomic E-state index is 0.0818. The lowest BCUT2D eigenvalue weighted by atomic mass is 10.2. The maximum Gasteiger partial charge on any atom is 0.146 e. The van der Waals surface area contributed by atoms with Crippen LogP contribution in [0.15, 0.2) is 29.8 Å². The number of benzene rings is 1. The van der Waals surface area contributed by atoms with Crippen LogP contribution in [0.3, 0.4) is 0 Å². The summed E-state index contributed by atoms with van der Waals surface area (Å²) in [6.45, 7) is 4.04. The molecule has 2 unspecified atom stereocenters. The van der Waals surface area contributed by atoms with Crippen molar-refractivity contribution in [3.05, 3.63) is 40.6 Å². The van der Waals surface area contributed by atoms with Gasteiger partial charge < -0.3 is 9.30 Å². The van der Waals surface area contributed by atoms with Gasteiger partial charge in [0.1, 0.15) is 22.1 Å². The first-order valence-electron chi connectivity index (χ1n) is 6.71. The molecule has 2 heterocycles. The van der Waals surface area contributed by atoms with Crippen LogP contribution in [0.4, 0.5) is 0 Å². The topological polar surface area (TPSA) is 39.9 Å². The quantitative estimate of drug-likeness (QED) is 0.668. The summed E-state index contributed by atoms with van der Waals surface area (Å²) in [6, 6.07) is 6.00. The molecule has 0 aliphatic heterocycles. The lowest BCUT2D eigenvalue weighted by molar-refractivity contribution is 0.419. The molecule has 21 heavy (non-hydrogen) atoms. The molecule has 4 nitrogen and oxygen atoms in total. The van der Waals surface area contributed by atoms with Crippen LogP contribution in [0.25, 0.3) is 11.0 Å². The Labute approximate surface area is 132 Å². The van der Waals surface area contributed by atoms with Crippen molar-refractivity contribution in [2.45, 2.75) is 25.3 Å². The Morgan fingerprint density at radius 2 is 2.14 bits per heavy atom. The minimum Gasteiger partial charge on any atom is -0.494 e. The molecule has 0 saturated heterocycles. The highest BCUT2D eigenvalue weighted by atomic mass is 35.5. The number of imidazole rings is 1. The third kappa shape index (κ3) is 2.40.